The average Bonchev–Trinajstić information content (AvgIpc) is 3.27. The third-order valence-corrected chi connectivity index (χ3v) is 4.18. The highest BCUT2D eigenvalue weighted by molar-refractivity contribution is 5.89. The van der Waals surface area contributed by atoms with Crippen LogP contribution in [0.1, 0.15) is 18.1 Å². The molecule has 0 bridgehead atoms. The molecular weight excluding hydrogens is 330 g/mol. The minimum Gasteiger partial charge on any atom is -0.457 e. The number of carbonyl (C=O) groups is 1. The molecule has 0 fully saturated rings. The van der Waals surface area contributed by atoms with E-state index in [9.17, 15) is 4.79 Å². The van der Waals surface area contributed by atoms with Gasteiger partial charge in [-0.15, -0.1) is 10.2 Å². The Kier molecular flexibility index (Phi) is 4.51. The molecule has 0 atom stereocenters. The number of ether oxygens (including phenoxy) is 1. The van der Waals surface area contributed by atoms with Crippen LogP contribution >= 0.6 is 0 Å². The summed E-state index contributed by atoms with van der Waals surface area (Å²) in [5, 5.41) is 13.9. The molecule has 1 aromatic heterocycles. The Bertz CT molecular complexity index is 890. The zero-order chi connectivity index (χ0) is 17.8. The number of amides is 2. The van der Waals surface area contributed by atoms with Crippen molar-refractivity contribution < 1.29 is 9.53 Å². The highest BCUT2D eigenvalue weighted by Crippen LogP contribution is 2.22. The Balaban J connectivity index is 1.30. The average molecular weight is 349 g/mol. The van der Waals surface area contributed by atoms with E-state index in [1.807, 2.05) is 42.5 Å². The summed E-state index contributed by atoms with van der Waals surface area (Å²) in [4.78, 5) is 12.1. The number of anilines is 1. The number of rotatable bonds is 5. The quantitative estimate of drug-likeness (QED) is 0.740. The van der Waals surface area contributed by atoms with Gasteiger partial charge >= 0.3 is 6.03 Å². The van der Waals surface area contributed by atoms with Gasteiger partial charge in [0, 0.05) is 18.7 Å². The molecule has 2 heterocycles. The van der Waals surface area contributed by atoms with Gasteiger partial charge in [0.25, 0.3) is 0 Å². The van der Waals surface area contributed by atoms with Gasteiger partial charge in [0.2, 0.25) is 0 Å². The van der Waals surface area contributed by atoms with Gasteiger partial charge in [-0.1, -0.05) is 18.2 Å². The van der Waals surface area contributed by atoms with E-state index in [-0.39, 0.29) is 6.03 Å². The van der Waals surface area contributed by atoms with Gasteiger partial charge < -0.3 is 19.9 Å². The Labute approximate surface area is 151 Å². The zero-order valence-electron chi connectivity index (χ0n) is 14.2. The first-order valence-electron chi connectivity index (χ1n) is 8.57. The van der Waals surface area contributed by atoms with E-state index in [4.69, 9.17) is 4.74 Å². The molecular formula is C19H19N5O2. The molecule has 132 valence electrons. The van der Waals surface area contributed by atoms with Gasteiger partial charge in [0.1, 0.15) is 17.3 Å². The predicted molar refractivity (Wildman–Crippen MR) is 97.2 cm³/mol. The number of para-hydroxylation sites is 1. The van der Waals surface area contributed by atoms with Crippen LogP contribution in [0.3, 0.4) is 0 Å². The minimum atomic E-state index is -0.280. The van der Waals surface area contributed by atoms with Crippen LogP contribution in [-0.2, 0) is 19.5 Å². The van der Waals surface area contributed by atoms with E-state index in [1.165, 1.54) is 0 Å². The van der Waals surface area contributed by atoms with Crippen LogP contribution in [0.25, 0.3) is 0 Å². The van der Waals surface area contributed by atoms with Crippen LogP contribution in [0, 0.1) is 0 Å². The fraction of sp³-hybridized carbons (Fsp3) is 0.211. The number of benzene rings is 2. The summed E-state index contributed by atoms with van der Waals surface area (Å²) in [5.74, 6) is 3.27. The molecule has 7 nitrogen and oxygen atoms in total. The van der Waals surface area contributed by atoms with Crippen LogP contribution in [0.15, 0.2) is 54.6 Å². The fourth-order valence-corrected chi connectivity index (χ4v) is 2.91. The second-order valence-electron chi connectivity index (χ2n) is 6.03. The number of hydrogen-bond donors (Lipinski definition) is 2. The molecule has 3 aromatic rings. The Morgan fingerprint density at radius 3 is 2.62 bits per heavy atom. The van der Waals surface area contributed by atoms with Crippen molar-refractivity contribution in [3.05, 3.63) is 66.2 Å². The van der Waals surface area contributed by atoms with Gasteiger partial charge in [-0.05, 0) is 42.8 Å². The van der Waals surface area contributed by atoms with Crippen LogP contribution in [0.4, 0.5) is 10.5 Å². The lowest BCUT2D eigenvalue weighted by atomic mass is 10.3. The van der Waals surface area contributed by atoms with Crippen molar-refractivity contribution in [3.63, 3.8) is 0 Å². The molecule has 2 N–H and O–H groups in total. The Morgan fingerprint density at radius 1 is 1.04 bits per heavy atom. The molecule has 0 radical (unpaired) electrons. The lowest BCUT2D eigenvalue weighted by Crippen LogP contribution is -2.29. The number of urea groups is 1. The van der Waals surface area contributed by atoms with Crippen LogP contribution in [0.5, 0.6) is 11.5 Å². The number of carbonyl (C=O) groups excluding carboxylic acids is 1. The van der Waals surface area contributed by atoms with Crippen LogP contribution < -0.4 is 15.4 Å². The largest absolute Gasteiger partial charge is 0.457 e. The number of nitrogens with one attached hydrogen (secondary N) is 2. The van der Waals surface area contributed by atoms with E-state index >= 15 is 0 Å². The Hall–Kier alpha value is -3.35. The number of aromatic nitrogens is 3. The molecule has 0 spiro atoms. The van der Waals surface area contributed by atoms with Gasteiger partial charge in [0.15, 0.2) is 5.82 Å². The molecule has 0 saturated carbocycles. The first kappa shape index (κ1) is 16.1. The molecule has 2 aromatic carbocycles. The van der Waals surface area contributed by atoms with Gasteiger partial charge in [-0.3, -0.25) is 0 Å². The smallest absolute Gasteiger partial charge is 0.319 e. The highest BCUT2D eigenvalue weighted by atomic mass is 16.5. The van der Waals surface area contributed by atoms with E-state index in [2.05, 4.69) is 25.4 Å². The van der Waals surface area contributed by atoms with Gasteiger partial charge in [-0.25, -0.2) is 4.79 Å². The molecule has 26 heavy (non-hydrogen) atoms. The van der Waals surface area contributed by atoms with E-state index < -0.39 is 0 Å². The van der Waals surface area contributed by atoms with E-state index in [0.717, 1.165) is 36.8 Å². The molecule has 4 rings (SSSR count). The lowest BCUT2D eigenvalue weighted by Gasteiger charge is -2.09. The molecule has 7 heteroatoms. The summed E-state index contributed by atoms with van der Waals surface area (Å²) in [5.41, 5.74) is 0.689. The van der Waals surface area contributed by atoms with Gasteiger partial charge in [0.05, 0.1) is 6.54 Å². The van der Waals surface area contributed by atoms with Crippen molar-refractivity contribution in [2.75, 3.05) is 5.32 Å². The maximum atomic E-state index is 12.1. The third-order valence-electron chi connectivity index (χ3n) is 4.18. The number of aryl methyl sites for hydroxylation is 1. The summed E-state index contributed by atoms with van der Waals surface area (Å²) < 4.78 is 7.80. The maximum absolute atomic E-state index is 12.1. The first-order chi connectivity index (χ1) is 12.8. The Morgan fingerprint density at radius 2 is 1.81 bits per heavy atom. The fourth-order valence-electron chi connectivity index (χ4n) is 2.91. The summed E-state index contributed by atoms with van der Waals surface area (Å²) in [7, 11) is 0. The molecule has 1 aliphatic rings. The van der Waals surface area contributed by atoms with Crippen molar-refractivity contribution in [2.45, 2.75) is 25.9 Å². The summed E-state index contributed by atoms with van der Waals surface area (Å²) in [6, 6.07) is 16.5. The number of fused-ring (bicyclic) bond motifs is 1. The molecule has 0 saturated heterocycles. The molecule has 1 aliphatic heterocycles. The van der Waals surface area contributed by atoms with Crippen LogP contribution in [0.2, 0.25) is 0 Å². The van der Waals surface area contributed by atoms with E-state index in [0.29, 0.717) is 18.0 Å². The first-order valence-corrected chi connectivity index (χ1v) is 8.57. The monoisotopic (exact) mass is 349 g/mol. The van der Waals surface area contributed by atoms with Crippen molar-refractivity contribution in [2.24, 2.45) is 0 Å². The lowest BCUT2D eigenvalue weighted by molar-refractivity contribution is 0.251. The standard InChI is InChI=1S/C19H19N5O2/c25-19(20-13-18-23-22-17-7-4-12-24(17)18)21-14-8-10-16(11-9-14)26-15-5-2-1-3-6-15/h1-3,5-6,8-11H,4,7,12-13H2,(H2,20,21,25). The molecule has 2 amide bonds. The molecule has 0 aliphatic carbocycles. The summed E-state index contributed by atoms with van der Waals surface area (Å²) in [6.45, 7) is 1.28. The second kappa shape index (κ2) is 7.26. The second-order valence-corrected chi connectivity index (χ2v) is 6.03. The third kappa shape index (κ3) is 3.66. The van der Waals surface area contributed by atoms with Crippen molar-refractivity contribution >= 4 is 11.7 Å². The predicted octanol–water partition coefficient (Wildman–Crippen LogP) is 3.34. The van der Waals surface area contributed by atoms with Crippen molar-refractivity contribution in [1.29, 1.82) is 0 Å². The summed E-state index contributed by atoms with van der Waals surface area (Å²) >= 11 is 0. The highest BCUT2D eigenvalue weighted by Gasteiger charge is 2.17. The van der Waals surface area contributed by atoms with Crippen LogP contribution in [-0.4, -0.2) is 20.8 Å². The van der Waals surface area contributed by atoms with Gasteiger partial charge in [-0.2, -0.15) is 0 Å². The number of hydrogen-bond acceptors (Lipinski definition) is 4. The maximum Gasteiger partial charge on any atom is 0.319 e. The summed E-state index contributed by atoms with van der Waals surface area (Å²) in [6.07, 6.45) is 2.04. The SMILES string of the molecule is O=C(NCc1nnc2n1CCC2)Nc1ccc(Oc2ccccc2)cc1. The van der Waals surface area contributed by atoms with Crippen molar-refractivity contribution in [3.8, 4) is 11.5 Å². The molecule has 0 unspecified atom stereocenters. The normalized spacial score (nSPS) is 12.5. The minimum absolute atomic E-state index is 0.280. The van der Waals surface area contributed by atoms with E-state index in [1.54, 1.807) is 12.1 Å². The zero-order valence-corrected chi connectivity index (χ0v) is 14.2. The number of nitrogens with zero attached hydrogens (tertiary/aromatic N) is 3. The van der Waals surface area contributed by atoms with Crippen molar-refractivity contribution in [1.82, 2.24) is 20.1 Å². The topological polar surface area (TPSA) is 81.1 Å².